The number of benzene rings is 2. The standard InChI is InChI=1S/C48H66N8O12/c1-7-26(5)40-47(66)55(6)34(23-27-14-16-30(57)17-15-27)44(63)53-38-28(8-2)24-35(68-48(38)67)39(54-42(61)31(18-20-36(49)58)50-41(60)29-12-10-9-11-13-29)45(64)52-33(22-25(3)4)43(62)51-32-19-21-37(59)56(40)46(32)65/h9-17,25-26,28,31-35,37-40,57,59H,7-8,18-24H2,1-6H3,(H2,49,58)(H,50,60)(H,51,62)(H,52,64)(H,53,63)(H,54,61)/t26?,28?,31-,32?,33-,34-,35+,37-,38-,39-,40-/m0/s1. The molecule has 20 heteroatoms. The smallest absolute Gasteiger partial charge is 0.329 e. The van der Waals surface area contributed by atoms with Crippen LogP contribution in [0.15, 0.2) is 54.6 Å². The van der Waals surface area contributed by atoms with Crippen LogP contribution in [-0.4, -0.2) is 135 Å². The van der Waals surface area contributed by atoms with Gasteiger partial charge in [-0.05, 0) is 79.7 Å². The van der Waals surface area contributed by atoms with Gasteiger partial charge in [0.05, 0.1) is 0 Å². The van der Waals surface area contributed by atoms with Gasteiger partial charge in [0.1, 0.15) is 60.4 Å². The number of nitrogens with one attached hydrogen (secondary N) is 5. The number of carbonyl (C=O) groups excluding carboxylic acids is 9. The summed E-state index contributed by atoms with van der Waals surface area (Å²) in [4.78, 5) is 129. The van der Waals surface area contributed by atoms with Crippen LogP contribution >= 0.6 is 0 Å². The summed E-state index contributed by atoms with van der Waals surface area (Å²) in [6.45, 7) is 8.88. The second kappa shape index (κ2) is 23.4. The SMILES string of the molecule is CCC1C[C@H]2OC(=O)[C@H]1NC(=O)[C@H](Cc1ccc(O)cc1)N(C)C(=O)[C@H](C(C)CC)N1C(=O)C(CC[C@@H]1O)NC(=O)[C@H](CC(C)C)NC(=O)[C@H]2NC(=O)[C@H](CCC(N)=O)NC(=O)c1ccccc1. The van der Waals surface area contributed by atoms with Crippen molar-refractivity contribution in [3.63, 3.8) is 0 Å². The largest absolute Gasteiger partial charge is 0.508 e. The number of esters is 1. The number of hydrogen-bond acceptors (Lipinski definition) is 12. The van der Waals surface area contributed by atoms with Gasteiger partial charge >= 0.3 is 5.97 Å². The predicted octanol–water partition coefficient (Wildman–Crippen LogP) is 0.522. The molecule has 4 aliphatic rings. The summed E-state index contributed by atoms with van der Waals surface area (Å²) in [5.74, 6) is -8.84. The number of hydrogen-bond donors (Lipinski definition) is 8. The maximum atomic E-state index is 14.9. The monoisotopic (exact) mass is 946 g/mol. The highest BCUT2D eigenvalue weighted by atomic mass is 16.5. The lowest BCUT2D eigenvalue weighted by Crippen LogP contribution is -2.66. The van der Waals surface area contributed by atoms with Crippen LogP contribution in [0, 0.1) is 17.8 Å². The predicted molar refractivity (Wildman–Crippen MR) is 245 cm³/mol. The lowest BCUT2D eigenvalue weighted by molar-refractivity contribution is -0.169. The Labute approximate surface area is 395 Å². The molecule has 68 heavy (non-hydrogen) atoms. The van der Waals surface area contributed by atoms with Gasteiger partial charge in [0.15, 0.2) is 0 Å². The summed E-state index contributed by atoms with van der Waals surface area (Å²) >= 11 is 0. The normalized spacial score (nSPS) is 27.1. The van der Waals surface area contributed by atoms with Gasteiger partial charge in [-0.25, -0.2) is 4.79 Å². The number of aromatic hydroxyl groups is 1. The first kappa shape index (κ1) is 52.4. The number of phenolic OH excluding ortho intramolecular Hbond substituents is 1. The van der Waals surface area contributed by atoms with Crippen molar-refractivity contribution >= 4 is 53.2 Å². The number of rotatable bonds is 14. The van der Waals surface area contributed by atoms with E-state index >= 15 is 0 Å². The fourth-order valence-corrected chi connectivity index (χ4v) is 8.98. The fraction of sp³-hybridized carbons (Fsp3) is 0.562. The number of carbonyl (C=O) groups is 9. The topological polar surface area (TPSA) is 296 Å². The number of amides is 8. The number of aliphatic hydroxyl groups is 1. The molecule has 2 aromatic rings. The molecule has 0 aromatic heterocycles. The summed E-state index contributed by atoms with van der Waals surface area (Å²) in [5.41, 5.74) is 6.16. The number of ether oxygens (including phenoxy) is 1. The lowest BCUT2D eigenvalue weighted by Gasteiger charge is -2.44. The van der Waals surface area contributed by atoms with Crippen molar-refractivity contribution < 1.29 is 58.1 Å². The van der Waals surface area contributed by atoms with Gasteiger partial charge in [-0.3, -0.25) is 38.4 Å². The first-order chi connectivity index (χ1) is 32.2. The third-order valence-corrected chi connectivity index (χ3v) is 13.1. The van der Waals surface area contributed by atoms with Gasteiger partial charge < -0.3 is 57.1 Å². The molecule has 0 spiro atoms. The van der Waals surface area contributed by atoms with Crippen molar-refractivity contribution in [1.82, 2.24) is 36.4 Å². The van der Waals surface area contributed by atoms with E-state index < -0.39 is 120 Å². The number of primary amides is 1. The van der Waals surface area contributed by atoms with Crippen LogP contribution in [-0.2, 0) is 49.5 Å². The highest BCUT2D eigenvalue weighted by molar-refractivity contribution is 6.00. The van der Waals surface area contributed by atoms with Crippen molar-refractivity contribution in [1.29, 1.82) is 0 Å². The zero-order valence-corrected chi connectivity index (χ0v) is 39.4. The molecule has 8 amide bonds. The van der Waals surface area contributed by atoms with Crippen molar-refractivity contribution in [3.8, 4) is 5.75 Å². The van der Waals surface area contributed by atoms with Crippen LogP contribution in [0.25, 0.3) is 0 Å². The Hall–Kier alpha value is -6.57. The number of phenols is 1. The van der Waals surface area contributed by atoms with Crippen LogP contribution in [0.5, 0.6) is 5.75 Å². The van der Waals surface area contributed by atoms with E-state index in [1.54, 1.807) is 65.0 Å². The van der Waals surface area contributed by atoms with Gasteiger partial charge in [-0.1, -0.05) is 77.8 Å². The Bertz CT molecular complexity index is 2170. The number of piperidine rings is 1. The Morgan fingerprint density at radius 1 is 0.882 bits per heavy atom. The number of aliphatic hydroxyl groups excluding tert-OH is 1. The van der Waals surface area contributed by atoms with Crippen molar-refractivity contribution in [2.75, 3.05) is 7.05 Å². The highest BCUT2D eigenvalue weighted by Gasteiger charge is 2.49. The molecule has 4 fully saturated rings. The first-order valence-corrected chi connectivity index (χ1v) is 23.3. The second-order valence-electron chi connectivity index (χ2n) is 18.5. The number of likely N-dealkylation sites (N-methyl/N-ethyl adjacent to an activating group) is 1. The molecule has 3 unspecified atom stereocenters. The molecule has 370 valence electrons. The molecule has 6 rings (SSSR count). The molecule has 4 heterocycles. The third-order valence-electron chi connectivity index (χ3n) is 13.1. The molecule has 11 atom stereocenters. The molecule has 0 saturated carbocycles. The maximum absolute atomic E-state index is 14.9. The summed E-state index contributed by atoms with van der Waals surface area (Å²) in [5, 5.41) is 34.9. The van der Waals surface area contributed by atoms with E-state index in [4.69, 9.17) is 10.5 Å². The molecule has 2 aromatic carbocycles. The Balaban J connectivity index is 1.60. The van der Waals surface area contributed by atoms with Gasteiger partial charge in [0.25, 0.3) is 5.91 Å². The average Bonchev–Trinajstić information content (AvgIpc) is 3.30. The quantitative estimate of drug-likeness (QED) is 0.120. The minimum absolute atomic E-state index is 0.0222. The van der Waals surface area contributed by atoms with Crippen molar-refractivity contribution in [3.05, 3.63) is 65.7 Å². The molecule has 4 aliphatic heterocycles. The molecule has 20 nitrogen and oxygen atoms in total. The van der Waals surface area contributed by atoms with Crippen LogP contribution in [0.3, 0.4) is 0 Å². The molecular formula is C48H66N8O12. The zero-order chi connectivity index (χ0) is 50.0. The highest BCUT2D eigenvalue weighted by Crippen LogP contribution is 2.30. The summed E-state index contributed by atoms with van der Waals surface area (Å²) < 4.78 is 5.93. The molecule has 0 aliphatic carbocycles. The molecule has 0 radical (unpaired) electrons. The summed E-state index contributed by atoms with van der Waals surface area (Å²) in [6.07, 6.45) is -3.08. The van der Waals surface area contributed by atoms with Gasteiger partial charge in [-0.2, -0.15) is 0 Å². The number of nitrogens with two attached hydrogens (primary N) is 1. The van der Waals surface area contributed by atoms with E-state index in [-0.39, 0.29) is 68.6 Å². The number of fused-ring (bicyclic) bond motifs is 12. The van der Waals surface area contributed by atoms with Crippen molar-refractivity contribution in [2.45, 2.75) is 147 Å². The Kier molecular flexibility index (Phi) is 18.1. The number of nitrogens with zero attached hydrogens (tertiary/aromatic N) is 2. The first-order valence-electron chi connectivity index (χ1n) is 23.3. The lowest BCUT2D eigenvalue weighted by atomic mass is 9.85. The van der Waals surface area contributed by atoms with E-state index in [0.717, 1.165) is 4.90 Å². The minimum Gasteiger partial charge on any atom is -0.508 e. The van der Waals surface area contributed by atoms with Crippen LogP contribution in [0.4, 0.5) is 0 Å². The Morgan fingerprint density at radius 2 is 1.56 bits per heavy atom. The van der Waals surface area contributed by atoms with Crippen molar-refractivity contribution in [2.24, 2.45) is 23.5 Å². The molecular weight excluding hydrogens is 881 g/mol. The van der Waals surface area contributed by atoms with Crippen LogP contribution in [0.2, 0.25) is 0 Å². The van der Waals surface area contributed by atoms with Crippen LogP contribution in [0.1, 0.15) is 102 Å². The van der Waals surface area contributed by atoms with E-state index in [0.29, 0.717) is 12.0 Å². The minimum atomic E-state index is -1.71. The van der Waals surface area contributed by atoms with Crippen LogP contribution < -0.4 is 32.3 Å². The Morgan fingerprint density at radius 3 is 2.18 bits per heavy atom. The summed E-state index contributed by atoms with van der Waals surface area (Å²) in [6, 6.07) is 4.23. The van der Waals surface area contributed by atoms with E-state index in [1.165, 1.54) is 36.2 Å². The zero-order valence-electron chi connectivity index (χ0n) is 39.4. The second-order valence-corrected chi connectivity index (χ2v) is 18.5. The van der Waals surface area contributed by atoms with E-state index in [9.17, 15) is 53.4 Å². The summed E-state index contributed by atoms with van der Waals surface area (Å²) in [7, 11) is 1.39. The fourth-order valence-electron chi connectivity index (χ4n) is 8.98. The van der Waals surface area contributed by atoms with Gasteiger partial charge in [-0.15, -0.1) is 0 Å². The van der Waals surface area contributed by atoms with E-state index in [1.807, 2.05) is 0 Å². The molecule has 9 N–H and O–H groups in total. The van der Waals surface area contributed by atoms with Gasteiger partial charge in [0, 0.05) is 25.5 Å². The third kappa shape index (κ3) is 12.9. The molecule has 4 bridgehead atoms. The average molecular weight is 947 g/mol. The maximum Gasteiger partial charge on any atom is 0.329 e. The molecule has 4 saturated heterocycles. The van der Waals surface area contributed by atoms with E-state index in [2.05, 4.69) is 26.6 Å². The van der Waals surface area contributed by atoms with Gasteiger partial charge in [0.2, 0.25) is 41.4 Å².